The summed E-state index contributed by atoms with van der Waals surface area (Å²) in [6, 6.07) is 72.9. The van der Waals surface area contributed by atoms with Gasteiger partial charge in [0.05, 0.1) is 23.3 Å². The Bertz CT molecular complexity index is 2570. The van der Waals surface area contributed by atoms with Crippen LogP contribution in [0.15, 0.2) is 205 Å². The molecule has 8 aromatic rings. The fraction of sp³-hybridized carbons (Fsp3) is 0.0392. The quantitative estimate of drug-likeness (QED) is 0.160. The number of aliphatic imine (C=N–C) groups is 1. The lowest BCUT2D eigenvalue weighted by Crippen LogP contribution is -2.36. The van der Waals surface area contributed by atoms with Crippen LogP contribution in [0.2, 0.25) is 0 Å². The lowest BCUT2D eigenvalue weighted by Gasteiger charge is -2.45. The molecule has 53 heavy (non-hydrogen) atoms. The summed E-state index contributed by atoms with van der Waals surface area (Å²) in [5.74, 6) is 0. The number of fused-ring (bicyclic) bond motifs is 9. The van der Waals surface area contributed by atoms with Crippen LogP contribution in [-0.2, 0) is 12.0 Å². The molecule has 2 heteroatoms. The molecule has 2 aliphatic rings. The first kappa shape index (κ1) is 31.0. The minimum absolute atomic E-state index is 0.465. The molecule has 0 saturated heterocycles. The Hall–Kier alpha value is -6.77. The number of para-hydroxylation sites is 3. The molecule has 1 aliphatic heterocycles. The third-order valence-electron chi connectivity index (χ3n) is 11.0. The molecule has 2 nitrogen and oxygen atoms in total. The van der Waals surface area contributed by atoms with Gasteiger partial charge < -0.3 is 4.90 Å². The highest BCUT2D eigenvalue weighted by Gasteiger charge is 2.51. The highest BCUT2D eigenvalue weighted by Crippen LogP contribution is 2.63. The first-order valence-corrected chi connectivity index (χ1v) is 18.3. The van der Waals surface area contributed by atoms with Gasteiger partial charge in [0.2, 0.25) is 0 Å². The molecular formula is C51H36N2. The smallest absolute Gasteiger partial charge is 0.0754 e. The maximum Gasteiger partial charge on any atom is 0.0754 e. The van der Waals surface area contributed by atoms with Gasteiger partial charge in [-0.2, -0.15) is 0 Å². The van der Waals surface area contributed by atoms with E-state index in [4.69, 9.17) is 0 Å². The third kappa shape index (κ3) is 5.06. The van der Waals surface area contributed by atoms with E-state index in [-0.39, 0.29) is 0 Å². The zero-order valence-electron chi connectivity index (χ0n) is 29.2. The van der Waals surface area contributed by atoms with Crippen LogP contribution in [0.4, 0.5) is 17.1 Å². The molecule has 0 bridgehead atoms. The van der Waals surface area contributed by atoms with Crippen LogP contribution in [-0.4, -0.2) is 6.21 Å². The van der Waals surface area contributed by atoms with Gasteiger partial charge in [0.25, 0.3) is 0 Å². The van der Waals surface area contributed by atoms with Crippen LogP contribution in [0.25, 0.3) is 33.4 Å². The summed E-state index contributed by atoms with van der Waals surface area (Å²) >= 11 is 0. The Labute approximate surface area is 311 Å². The second kappa shape index (κ2) is 12.8. The van der Waals surface area contributed by atoms with Crippen LogP contribution < -0.4 is 4.90 Å². The van der Waals surface area contributed by atoms with Crippen molar-refractivity contribution >= 4 is 23.3 Å². The molecule has 8 aromatic carbocycles. The van der Waals surface area contributed by atoms with E-state index in [1.165, 1.54) is 72.6 Å². The maximum atomic E-state index is 4.64. The Kier molecular flexibility index (Phi) is 7.47. The average molecular weight is 677 g/mol. The molecule has 0 radical (unpaired) electrons. The van der Waals surface area contributed by atoms with E-state index in [1.807, 2.05) is 24.4 Å². The molecule has 0 amide bonds. The van der Waals surface area contributed by atoms with Crippen LogP contribution in [0.1, 0.15) is 33.4 Å². The Morgan fingerprint density at radius 3 is 1.57 bits per heavy atom. The van der Waals surface area contributed by atoms with Gasteiger partial charge in [0.15, 0.2) is 0 Å². The van der Waals surface area contributed by atoms with E-state index in [2.05, 4.69) is 192 Å². The summed E-state index contributed by atoms with van der Waals surface area (Å²) < 4.78 is 0. The SMILES string of the molecule is C(=N\Cc1ccc(-c2ccc(-c3ccc4c(c3)C3(c5ccccc5-4)c4ccccc4N(c4ccccc4)c4ccccc43)cc2)cc1)/c1ccccc1. The molecular weight excluding hydrogens is 641 g/mol. The predicted octanol–water partition coefficient (Wildman–Crippen LogP) is 12.8. The number of rotatable bonds is 6. The second-order valence-corrected chi connectivity index (χ2v) is 13.9. The molecule has 0 saturated carbocycles. The van der Waals surface area contributed by atoms with E-state index < -0.39 is 5.41 Å². The average Bonchev–Trinajstić information content (AvgIpc) is 3.52. The molecule has 0 fully saturated rings. The van der Waals surface area contributed by atoms with Crippen molar-refractivity contribution in [1.82, 2.24) is 0 Å². The van der Waals surface area contributed by atoms with Crippen molar-refractivity contribution in [3.05, 3.63) is 234 Å². The summed E-state index contributed by atoms with van der Waals surface area (Å²) in [6.45, 7) is 0.664. The van der Waals surface area contributed by atoms with Crippen molar-refractivity contribution in [2.75, 3.05) is 4.90 Å². The van der Waals surface area contributed by atoms with Crippen LogP contribution in [0.5, 0.6) is 0 Å². The monoisotopic (exact) mass is 676 g/mol. The molecule has 0 N–H and O–H groups in total. The summed E-state index contributed by atoms with van der Waals surface area (Å²) in [5.41, 5.74) is 18.1. The number of nitrogens with zero attached hydrogens (tertiary/aromatic N) is 2. The fourth-order valence-electron chi connectivity index (χ4n) is 8.59. The van der Waals surface area contributed by atoms with Gasteiger partial charge in [-0.05, 0) is 97.1 Å². The van der Waals surface area contributed by atoms with Crippen molar-refractivity contribution in [2.24, 2.45) is 4.99 Å². The highest BCUT2D eigenvalue weighted by molar-refractivity contribution is 5.96. The van der Waals surface area contributed by atoms with E-state index in [0.29, 0.717) is 6.54 Å². The molecule has 250 valence electrons. The fourth-order valence-corrected chi connectivity index (χ4v) is 8.59. The molecule has 1 heterocycles. The predicted molar refractivity (Wildman–Crippen MR) is 221 cm³/mol. The second-order valence-electron chi connectivity index (χ2n) is 13.9. The topological polar surface area (TPSA) is 15.6 Å². The molecule has 1 aliphatic carbocycles. The zero-order chi connectivity index (χ0) is 35.2. The normalized spacial score (nSPS) is 13.4. The standard InChI is InChI=1S/C51H36N2/c1-3-13-36(14-4-1)34-52-35-37-23-25-38(26-24-37)39-27-29-40(30-28-39)41-31-32-44-43-17-7-8-18-45(43)51(48(44)33-41)46-19-9-11-21-49(46)53(42-15-5-2-6-16-42)50-22-12-10-20-47(50)51/h1-34H,35H2/b52-34+. The largest absolute Gasteiger partial charge is 0.310 e. The third-order valence-corrected chi connectivity index (χ3v) is 11.0. The summed E-state index contributed by atoms with van der Waals surface area (Å²) in [4.78, 5) is 7.08. The van der Waals surface area contributed by atoms with E-state index in [1.54, 1.807) is 0 Å². The number of hydrogen-bond acceptors (Lipinski definition) is 2. The number of hydrogen-bond donors (Lipinski definition) is 0. The van der Waals surface area contributed by atoms with Crippen LogP contribution in [0, 0.1) is 0 Å². The molecule has 10 rings (SSSR count). The first-order valence-electron chi connectivity index (χ1n) is 18.3. The van der Waals surface area contributed by atoms with Crippen molar-refractivity contribution in [1.29, 1.82) is 0 Å². The van der Waals surface area contributed by atoms with Gasteiger partial charge in [-0.15, -0.1) is 0 Å². The van der Waals surface area contributed by atoms with Gasteiger partial charge in [0, 0.05) is 11.9 Å². The Balaban J connectivity index is 1.04. The van der Waals surface area contributed by atoms with Crippen molar-refractivity contribution in [2.45, 2.75) is 12.0 Å². The lowest BCUT2D eigenvalue weighted by atomic mass is 9.64. The molecule has 0 aromatic heterocycles. The molecule has 0 unspecified atom stereocenters. The number of benzene rings is 8. The van der Waals surface area contributed by atoms with Crippen molar-refractivity contribution < 1.29 is 0 Å². The summed E-state index contributed by atoms with van der Waals surface area (Å²) in [5, 5.41) is 0. The van der Waals surface area contributed by atoms with E-state index in [9.17, 15) is 0 Å². The van der Waals surface area contributed by atoms with Gasteiger partial charge in [-0.25, -0.2) is 0 Å². The summed E-state index contributed by atoms with van der Waals surface area (Å²) in [7, 11) is 0. The van der Waals surface area contributed by atoms with E-state index in [0.717, 1.165) is 11.3 Å². The van der Waals surface area contributed by atoms with Crippen molar-refractivity contribution in [3.8, 4) is 33.4 Å². The Morgan fingerprint density at radius 1 is 0.415 bits per heavy atom. The summed E-state index contributed by atoms with van der Waals surface area (Å²) in [6.07, 6.45) is 1.94. The van der Waals surface area contributed by atoms with Gasteiger partial charge in [-0.1, -0.05) is 170 Å². The first-order chi connectivity index (χ1) is 26.3. The van der Waals surface area contributed by atoms with Gasteiger partial charge in [0.1, 0.15) is 0 Å². The minimum atomic E-state index is -0.465. The molecule has 0 atom stereocenters. The van der Waals surface area contributed by atoms with Crippen LogP contribution in [0.3, 0.4) is 0 Å². The van der Waals surface area contributed by atoms with Crippen molar-refractivity contribution in [3.63, 3.8) is 0 Å². The minimum Gasteiger partial charge on any atom is -0.310 e. The molecule has 1 spiro atoms. The Morgan fingerprint density at radius 2 is 0.906 bits per heavy atom. The van der Waals surface area contributed by atoms with Crippen LogP contribution >= 0.6 is 0 Å². The van der Waals surface area contributed by atoms with Gasteiger partial charge in [-0.3, -0.25) is 4.99 Å². The highest BCUT2D eigenvalue weighted by atomic mass is 15.2. The van der Waals surface area contributed by atoms with Gasteiger partial charge >= 0.3 is 0 Å². The lowest BCUT2D eigenvalue weighted by molar-refractivity contribution is 0.753. The maximum absolute atomic E-state index is 4.64. The zero-order valence-corrected chi connectivity index (χ0v) is 29.2. The van der Waals surface area contributed by atoms with E-state index >= 15 is 0 Å². The number of anilines is 3.